The summed E-state index contributed by atoms with van der Waals surface area (Å²) in [7, 11) is 1.59. The van der Waals surface area contributed by atoms with Crippen molar-refractivity contribution in [2.24, 2.45) is 0 Å². The van der Waals surface area contributed by atoms with Crippen molar-refractivity contribution in [3.05, 3.63) is 27.7 Å². The Hall–Kier alpha value is -0.480. The Morgan fingerprint density at radius 3 is 2.67 bits per heavy atom. The molecule has 1 aliphatic rings. The molecule has 5 heteroatoms. The average molecular weight is 332 g/mol. The van der Waals surface area contributed by atoms with Gasteiger partial charge in [0.1, 0.15) is 5.75 Å². The molecule has 1 saturated heterocycles. The van der Waals surface area contributed by atoms with Crippen molar-refractivity contribution in [2.45, 2.75) is 51.4 Å². The maximum Gasteiger partial charge on any atom is 0.138 e. The first-order chi connectivity index (χ1) is 10.1. The molecule has 1 aromatic carbocycles. The van der Waals surface area contributed by atoms with Gasteiger partial charge in [-0.05, 0) is 44.4 Å². The van der Waals surface area contributed by atoms with Gasteiger partial charge in [-0.25, -0.2) is 0 Å². The van der Waals surface area contributed by atoms with Gasteiger partial charge in [-0.2, -0.15) is 0 Å². The fourth-order valence-corrected chi connectivity index (χ4v) is 3.28. The second-order valence-electron chi connectivity index (χ2n) is 5.50. The van der Waals surface area contributed by atoms with Gasteiger partial charge >= 0.3 is 0 Å². The SMILES string of the molecule is CCCNC(c1cc(Cl)c(OC)cc1Cl)C1CCC(C)O1. The van der Waals surface area contributed by atoms with Crippen molar-refractivity contribution in [3.8, 4) is 5.75 Å². The molecule has 0 radical (unpaired) electrons. The molecule has 21 heavy (non-hydrogen) atoms. The van der Waals surface area contributed by atoms with Crippen LogP contribution in [0.3, 0.4) is 0 Å². The first-order valence-corrected chi connectivity index (χ1v) is 8.24. The van der Waals surface area contributed by atoms with E-state index in [4.69, 9.17) is 32.7 Å². The highest BCUT2D eigenvalue weighted by atomic mass is 35.5. The van der Waals surface area contributed by atoms with Crippen LogP contribution in [0.4, 0.5) is 0 Å². The molecule has 3 nitrogen and oxygen atoms in total. The molecule has 1 fully saturated rings. The Bertz CT molecular complexity index is 482. The number of ether oxygens (including phenoxy) is 2. The summed E-state index contributed by atoms with van der Waals surface area (Å²) in [4.78, 5) is 0. The van der Waals surface area contributed by atoms with Gasteiger partial charge in [0, 0.05) is 11.1 Å². The molecule has 2 rings (SSSR count). The van der Waals surface area contributed by atoms with E-state index in [2.05, 4.69) is 19.2 Å². The van der Waals surface area contributed by atoms with Crippen LogP contribution in [0.15, 0.2) is 12.1 Å². The Balaban J connectivity index is 2.29. The Morgan fingerprint density at radius 1 is 1.33 bits per heavy atom. The normalized spacial score (nSPS) is 23.3. The molecule has 1 aliphatic heterocycles. The molecule has 3 unspecified atom stereocenters. The summed E-state index contributed by atoms with van der Waals surface area (Å²) in [5.41, 5.74) is 0.981. The standard InChI is InChI=1S/C16H23Cl2NO2/c1-4-7-19-16(14-6-5-10(2)21-14)11-8-13(18)15(20-3)9-12(11)17/h8-10,14,16,19H,4-7H2,1-3H3. The molecule has 0 spiro atoms. The van der Waals surface area contributed by atoms with Crippen LogP contribution in [0.5, 0.6) is 5.75 Å². The lowest BCUT2D eigenvalue weighted by Crippen LogP contribution is -2.33. The minimum Gasteiger partial charge on any atom is -0.495 e. The van der Waals surface area contributed by atoms with Crippen LogP contribution in [0.25, 0.3) is 0 Å². The maximum atomic E-state index is 6.43. The second kappa shape index (κ2) is 7.68. The Labute approximate surface area is 136 Å². The van der Waals surface area contributed by atoms with Crippen molar-refractivity contribution in [2.75, 3.05) is 13.7 Å². The smallest absolute Gasteiger partial charge is 0.138 e. The number of hydrogen-bond acceptors (Lipinski definition) is 3. The number of benzene rings is 1. The van der Waals surface area contributed by atoms with Crippen molar-refractivity contribution >= 4 is 23.2 Å². The maximum absolute atomic E-state index is 6.43. The molecule has 0 aliphatic carbocycles. The third kappa shape index (κ3) is 4.04. The number of methoxy groups -OCH3 is 1. The highest BCUT2D eigenvalue weighted by Crippen LogP contribution is 2.38. The molecule has 118 valence electrons. The summed E-state index contributed by atoms with van der Waals surface area (Å²) < 4.78 is 11.2. The highest BCUT2D eigenvalue weighted by Gasteiger charge is 2.32. The molecule has 3 atom stereocenters. The van der Waals surface area contributed by atoms with Crippen LogP contribution in [0.2, 0.25) is 10.0 Å². The number of hydrogen-bond donors (Lipinski definition) is 1. The molecule has 1 aromatic rings. The van der Waals surface area contributed by atoms with Gasteiger partial charge in [-0.3, -0.25) is 0 Å². The molecule has 0 saturated carbocycles. The van der Waals surface area contributed by atoms with E-state index in [9.17, 15) is 0 Å². The number of nitrogens with one attached hydrogen (secondary N) is 1. The van der Waals surface area contributed by atoms with E-state index < -0.39 is 0 Å². The summed E-state index contributed by atoms with van der Waals surface area (Å²) in [5.74, 6) is 0.598. The third-order valence-electron chi connectivity index (χ3n) is 3.86. The minimum absolute atomic E-state index is 0.0609. The van der Waals surface area contributed by atoms with Gasteiger partial charge in [0.25, 0.3) is 0 Å². The number of halogens is 2. The van der Waals surface area contributed by atoms with Crippen LogP contribution >= 0.6 is 23.2 Å². The van der Waals surface area contributed by atoms with E-state index in [0.717, 1.165) is 31.4 Å². The van der Waals surface area contributed by atoms with Crippen molar-refractivity contribution in [3.63, 3.8) is 0 Å². The van der Waals surface area contributed by atoms with Gasteiger partial charge in [0.15, 0.2) is 0 Å². The third-order valence-corrected chi connectivity index (χ3v) is 4.48. The molecular formula is C16H23Cl2NO2. The summed E-state index contributed by atoms with van der Waals surface area (Å²) >= 11 is 12.7. The molecule has 0 bridgehead atoms. The first kappa shape index (κ1) is 16.9. The van der Waals surface area contributed by atoms with E-state index in [1.807, 2.05) is 6.07 Å². The zero-order chi connectivity index (χ0) is 15.4. The first-order valence-electron chi connectivity index (χ1n) is 7.48. The van der Waals surface area contributed by atoms with Crippen LogP contribution in [0.1, 0.15) is 44.7 Å². The average Bonchev–Trinajstić information content (AvgIpc) is 2.89. The summed E-state index contributed by atoms with van der Waals surface area (Å²) in [6.07, 6.45) is 3.60. The minimum atomic E-state index is 0.0609. The van der Waals surface area contributed by atoms with Crippen molar-refractivity contribution < 1.29 is 9.47 Å². The zero-order valence-electron chi connectivity index (χ0n) is 12.8. The topological polar surface area (TPSA) is 30.5 Å². The summed E-state index contributed by atoms with van der Waals surface area (Å²) in [6, 6.07) is 3.73. The van der Waals surface area contributed by atoms with E-state index >= 15 is 0 Å². The zero-order valence-corrected chi connectivity index (χ0v) is 14.3. The molecule has 1 N–H and O–H groups in total. The largest absolute Gasteiger partial charge is 0.495 e. The lowest BCUT2D eigenvalue weighted by atomic mass is 9.98. The molecule has 1 heterocycles. The van der Waals surface area contributed by atoms with Gasteiger partial charge in [0.05, 0.1) is 30.4 Å². The quantitative estimate of drug-likeness (QED) is 0.825. The predicted molar refractivity (Wildman–Crippen MR) is 87.6 cm³/mol. The van der Waals surface area contributed by atoms with E-state index in [1.54, 1.807) is 13.2 Å². The predicted octanol–water partition coefficient (Wildman–Crippen LogP) is 4.61. The Kier molecular flexibility index (Phi) is 6.18. The molecule has 0 amide bonds. The summed E-state index contributed by atoms with van der Waals surface area (Å²) in [5, 5.41) is 4.78. The van der Waals surface area contributed by atoms with Gasteiger partial charge in [-0.15, -0.1) is 0 Å². The molecular weight excluding hydrogens is 309 g/mol. The number of rotatable bonds is 6. The van der Waals surface area contributed by atoms with E-state index in [0.29, 0.717) is 21.9 Å². The van der Waals surface area contributed by atoms with Crippen LogP contribution in [0, 0.1) is 0 Å². The second-order valence-corrected chi connectivity index (χ2v) is 6.32. The lowest BCUT2D eigenvalue weighted by molar-refractivity contribution is 0.0316. The van der Waals surface area contributed by atoms with Crippen molar-refractivity contribution in [1.82, 2.24) is 5.32 Å². The van der Waals surface area contributed by atoms with Crippen LogP contribution in [-0.2, 0) is 4.74 Å². The van der Waals surface area contributed by atoms with Gasteiger partial charge in [0.2, 0.25) is 0 Å². The van der Waals surface area contributed by atoms with E-state index in [1.165, 1.54) is 0 Å². The van der Waals surface area contributed by atoms with Gasteiger partial charge in [-0.1, -0.05) is 30.1 Å². The van der Waals surface area contributed by atoms with Crippen LogP contribution < -0.4 is 10.1 Å². The fourth-order valence-electron chi connectivity index (χ4n) is 2.76. The van der Waals surface area contributed by atoms with Gasteiger partial charge < -0.3 is 14.8 Å². The summed E-state index contributed by atoms with van der Waals surface area (Å²) in [6.45, 7) is 5.17. The fraction of sp³-hybridized carbons (Fsp3) is 0.625. The monoisotopic (exact) mass is 331 g/mol. The van der Waals surface area contributed by atoms with Crippen molar-refractivity contribution in [1.29, 1.82) is 0 Å². The van der Waals surface area contributed by atoms with Crippen LogP contribution in [-0.4, -0.2) is 25.9 Å². The molecule has 0 aromatic heterocycles. The Morgan fingerprint density at radius 2 is 2.10 bits per heavy atom. The van der Waals surface area contributed by atoms with E-state index in [-0.39, 0.29) is 12.1 Å². The highest BCUT2D eigenvalue weighted by molar-refractivity contribution is 6.34. The lowest BCUT2D eigenvalue weighted by Gasteiger charge is -2.26.